The highest BCUT2D eigenvalue weighted by atomic mass is 32.2. The quantitative estimate of drug-likeness (QED) is 0.811. The second-order valence-electron chi connectivity index (χ2n) is 4.19. The maximum absolute atomic E-state index is 11.7. The first-order chi connectivity index (χ1) is 8.53. The molecule has 0 amide bonds. The molecular weight excluding hydrogens is 250 g/mol. The van der Waals surface area contributed by atoms with Gasteiger partial charge >= 0.3 is 0 Å². The molecule has 0 saturated heterocycles. The van der Waals surface area contributed by atoms with Gasteiger partial charge in [0.25, 0.3) is 0 Å². The molecule has 4 nitrogen and oxygen atoms in total. The van der Waals surface area contributed by atoms with E-state index in [1.54, 1.807) is 26.2 Å². The van der Waals surface area contributed by atoms with Crippen LogP contribution in [0.2, 0.25) is 0 Å². The molecule has 1 aromatic carbocycles. The Morgan fingerprint density at radius 1 is 1.28 bits per heavy atom. The van der Waals surface area contributed by atoms with Crippen molar-refractivity contribution in [2.24, 2.45) is 0 Å². The second-order valence-corrected chi connectivity index (χ2v) is 6.47. The van der Waals surface area contributed by atoms with Crippen molar-refractivity contribution in [1.29, 1.82) is 0 Å². The average Bonchev–Trinajstić information content (AvgIpc) is 2.39. The topological polar surface area (TPSA) is 55.4 Å². The van der Waals surface area contributed by atoms with Crippen LogP contribution < -0.4 is 5.32 Å². The van der Waals surface area contributed by atoms with Crippen molar-refractivity contribution in [2.75, 3.05) is 26.5 Å². The van der Waals surface area contributed by atoms with Crippen LogP contribution >= 0.6 is 0 Å². The number of likely N-dealkylation sites (N-methyl/N-ethyl adjacent to an activating group) is 1. The van der Waals surface area contributed by atoms with E-state index in [1.807, 2.05) is 19.2 Å². The largest absolute Gasteiger partial charge is 0.383 e. The molecule has 1 rings (SSSR count). The van der Waals surface area contributed by atoms with Gasteiger partial charge in [-0.2, -0.15) is 0 Å². The molecule has 0 radical (unpaired) electrons. The molecule has 5 heteroatoms. The summed E-state index contributed by atoms with van der Waals surface area (Å²) < 4.78 is 28.4. The molecule has 0 fully saturated rings. The lowest BCUT2D eigenvalue weighted by molar-refractivity contribution is 0.169. The Morgan fingerprint density at radius 3 is 2.33 bits per heavy atom. The maximum Gasteiger partial charge on any atom is 0.178 e. The van der Waals surface area contributed by atoms with Crippen molar-refractivity contribution in [3.63, 3.8) is 0 Å². The zero-order valence-corrected chi connectivity index (χ0v) is 12.0. The summed E-state index contributed by atoms with van der Waals surface area (Å²) in [6.45, 7) is 2.28. The van der Waals surface area contributed by atoms with Gasteiger partial charge in [0.15, 0.2) is 9.84 Å². The predicted octanol–water partition coefficient (Wildman–Crippen LogP) is 1.26. The fourth-order valence-corrected chi connectivity index (χ4v) is 2.61. The van der Waals surface area contributed by atoms with Gasteiger partial charge in [-0.15, -0.1) is 0 Å². The number of methoxy groups -OCH3 is 1. The fourth-order valence-electron chi connectivity index (χ4n) is 1.73. The SMILES string of the molecule is CCS(=O)(=O)c1ccc(CC(COC)NC)cc1. The number of rotatable bonds is 7. The van der Waals surface area contributed by atoms with E-state index in [2.05, 4.69) is 5.32 Å². The summed E-state index contributed by atoms with van der Waals surface area (Å²) in [6, 6.07) is 7.32. The molecule has 0 bridgehead atoms. The number of sulfone groups is 1. The predicted molar refractivity (Wildman–Crippen MR) is 72.6 cm³/mol. The van der Waals surface area contributed by atoms with E-state index in [4.69, 9.17) is 4.74 Å². The average molecular weight is 271 g/mol. The summed E-state index contributed by atoms with van der Waals surface area (Å²) in [4.78, 5) is 0.390. The van der Waals surface area contributed by atoms with Crippen molar-refractivity contribution < 1.29 is 13.2 Å². The first-order valence-corrected chi connectivity index (χ1v) is 7.66. The third kappa shape index (κ3) is 4.08. The van der Waals surface area contributed by atoms with Crippen LogP contribution in [0.5, 0.6) is 0 Å². The summed E-state index contributed by atoms with van der Waals surface area (Å²) in [7, 11) is 0.457. The highest BCUT2D eigenvalue weighted by Crippen LogP contribution is 2.13. The molecule has 1 N–H and O–H groups in total. The van der Waals surface area contributed by atoms with Gasteiger partial charge in [0.2, 0.25) is 0 Å². The summed E-state index contributed by atoms with van der Waals surface area (Å²) in [5, 5.41) is 3.16. The van der Waals surface area contributed by atoms with Gasteiger partial charge in [-0.3, -0.25) is 0 Å². The normalized spacial score (nSPS) is 13.5. The Morgan fingerprint density at radius 2 is 1.89 bits per heavy atom. The molecule has 0 spiro atoms. The maximum atomic E-state index is 11.7. The van der Waals surface area contributed by atoms with Crippen molar-refractivity contribution >= 4 is 9.84 Å². The standard InChI is InChI=1S/C13H21NO3S/c1-4-18(15,16)13-7-5-11(6-8-13)9-12(14-2)10-17-3/h5-8,12,14H,4,9-10H2,1-3H3. The van der Waals surface area contributed by atoms with Crippen LogP contribution in [-0.4, -0.2) is 41.0 Å². The van der Waals surface area contributed by atoms with E-state index in [0.717, 1.165) is 12.0 Å². The minimum Gasteiger partial charge on any atom is -0.383 e. The number of benzene rings is 1. The Balaban J connectivity index is 2.77. The van der Waals surface area contributed by atoms with Gasteiger partial charge in [-0.05, 0) is 31.2 Å². The third-order valence-corrected chi connectivity index (χ3v) is 4.67. The number of hydrogen-bond donors (Lipinski definition) is 1. The Bertz CT molecular complexity index is 454. The zero-order chi connectivity index (χ0) is 13.6. The van der Waals surface area contributed by atoms with Gasteiger partial charge in [-0.25, -0.2) is 8.42 Å². The summed E-state index contributed by atoms with van der Waals surface area (Å²) in [5.41, 5.74) is 1.10. The molecule has 0 aromatic heterocycles. The van der Waals surface area contributed by atoms with Crippen LogP contribution in [-0.2, 0) is 21.0 Å². The number of nitrogens with one attached hydrogen (secondary N) is 1. The molecular formula is C13H21NO3S. The van der Waals surface area contributed by atoms with E-state index in [0.29, 0.717) is 11.5 Å². The fraction of sp³-hybridized carbons (Fsp3) is 0.538. The van der Waals surface area contributed by atoms with Gasteiger partial charge in [-0.1, -0.05) is 19.1 Å². The van der Waals surface area contributed by atoms with E-state index < -0.39 is 9.84 Å². The first kappa shape index (κ1) is 15.1. The lowest BCUT2D eigenvalue weighted by Crippen LogP contribution is -2.32. The van der Waals surface area contributed by atoms with Gasteiger partial charge in [0.05, 0.1) is 17.3 Å². The first-order valence-electron chi connectivity index (χ1n) is 6.01. The van der Waals surface area contributed by atoms with Crippen LogP contribution in [0.4, 0.5) is 0 Å². The molecule has 18 heavy (non-hydrogen) atoms. The smallest absolute Gasteiger partial charge is 0.178 e. The van der Waals surface area contributed by atoms with Crippen molar-refractivity contribution in [3.8, 4) is 0 Å². The van der Waals surface area contributed by atoms with Crippen molar-refractivity contribution in [1.82, 2.24) is 5.32 Å². The summed E-state index contributed by atoms with van der Waals surface area (Å²) >= 11 is 0. The Kier molecular flexibility index (Phi) is 5.78. The second kappa shape index (κ2) is 6.87. The lowest BCUT2D eigenvalue weighted by Gasteiger charge is -2.15. The van der Waals surface area contributed by atoms with Crippen molar-refractivity contribution in [2.45, 2.75) is 24.3 Å². The zero-order valence-electron chi connectivity index (χ0n) is 11.1. The summed E-state index contributed by atoms with van der Waals surface area (Å²) in [6.07, 6.45) is 0.816. The van der Waals surface area contributed by atoms with Crippen LogP contribution in [0.1, 0.15) is 12.5 Å². The monoisotopic (exact) mass is 271 g/mol. The van der Waals surface area contributed by atoms with Gasteiger partial charge < -0.3 is 10.1 Å². The number of hydrogen-bond acceptors (Lipinski definition) is 4. The molecule has 0 heterocycles. The minimum absolute atomic E-state index is 0.134. The molecule has 0 aliphatic rings. The van der Waals surface area contributed by atoms with Gasteiger partial charge in [0, 0.05) is 13.2 Å². The van der Waals surface area contributed by atoms with E-state index in [-0.39, 0.29) is 11.8 Å². The highest BCUT2D eigenvalue weighted by molar-refractivity contribution is 7.91. The molecule has 1 aromatic rings. The van der Waals surface area contributed by atoms with Crippen molar-refractivity contribution in [3.05, 3.63) is 29.8 Å². The summed E-state index contributed by atoms with van der Waals surface area (Å²) in [5.74, 6) is 0.134. The Labute approximate surface area is 109 Å². The Hall–Kier alpha value is -0.910. The van der Waals surface area contributed by atoms with Crippen LogP contribution in [0, 0.1) is 0 Å². The number of ether oxygens (including phenoxy) is 1. The van der Waals surface area contributed by atoms with Gasteiger partial charge in [0.1, 0.15) is 0 Å². The molecule has 1 atom stereocenters. The van der Waals surface area contributed by atoms with E-state index in [1.165, 1.54) is 0 Å². The molecule has 0 aliphatic carbocycles. The lowest BCUT2D eigenvalue weighted by atomic mass is 10.1. The minimum atomic E-state index is -3.10. The van der Waals surface area contributed by atoms with E-state index in [9.17, 15) is 8.42 Å². The van der Waals surface area contributed by atoms with Crippen LogP contribution in [0.25, 0.3) is 0 Å². The van der Waals surface area contributed by atoms with Crippen LogP contribution in [0.15, 0.2) is 29.2 Å². The molecule has 102 valence electrons. The molecule has 0 saturated carbocycles. The van der Waals surface area contributed by atoms with Crippen LogP contribution in [0.3, 0.4) is 0 Å². The third-order valence-electron chi connectivity index (χ3n) is 2.92. The van der Waals surface area contributed by atoms with E-state index >= 15 is 0 Å². The molecule has 0 aliphatic heterocycles. The highest BCUT2D eigenvalue weighted by Gasteiger charge is 2.12. The molecule has 1 unspecified atom stereocenters.